The molecule has 1 fully saturated rings. The van der Waals surface area contributed by atoms with Gasteiger partial charge in [0.25, 0.3) is 0 Å². The molecular formula is C17H35OS+. The van der Waals surface area contributed by atoms with Crippen molar-refractivity contribution in [1.29, 1.82) is 0 Å². The van der Waals surface area contributed by atoms with Gasteiger partial charge < -0.3 is 4.74 Å². The fraction of sp³-hybridized carbons (Fsp3) is 1.00. The van der Waals surface area contributed by atoms with Gasteiger partial charge in [-0.15, -0.1) is 0 Å². The van der Waals surface area contributed by atoms with Gasteiger partial charge in [-0.3, -0.25) is 0 Å². The highest BCUT2D eigenvalue weighted by Crippen LogP contribution is 2.18. The molecule has 0 saturated carbocycles. The molecular weight excluding hydrogens is 252 g/mol. The molecule has 1 rings (SSSR count). The van der Waals surface area contributed by atoms with Crippen LogP contribution in [0.5, 0.6) is 0 Å². The molecule has 0 radical (unpaired) electrons. The largest absolute Gasteiger partial charge is 0.378 e. The maximum atomic E-state index is 5.80. The number of hydrogen-bond donors (Lipinski definition) is 0. The Bertz CT molecular complexity index is 190. The highest BCUT2D eigenvalue weighted by atomic mass is 32.2. The van der Waals surface area contributed by atoms with Crippen LogP contribution in [0.1, 0.15) is 78.1 Å². The summed E-state index contributed by atoms with van der Waals surface area (Å²) in [4.78, 5) is 0. The molecule has 1 saturated heterocycles. The predicted molar refractivity (Wildman–Crippen MR) is 89.2 cm³/mol. The van der Waals surface area contributed by atoms with Gasteiger partial charge in [0.05, 0.1) is 6.10 Å². The Labute approximate surface area is 124 Å². The normalized spacial score (nSPS) is 21.5. The van der Waals surface area contributed by atoms with Gasteiger partial charge in [0.1, 0.15) is 17.3 Å². The minimum absolute atomic E-state index is 0.600. The van der Waals surface area contributed by atoms with E-state index in [-0.39, 0.29) is 0 Å². The topological polar surface area (TPSA) is 9.23 Å². The summed E-state index contributed by atoms with van der Waals surface area (Å²) in [6.45, 7) is 5.67. The Morgan fingerprint density at radius 1 is 0.895 bits per heavy atom. The van der Waals surface area contributed by atoms with Crippen molar-refractivity contribution in [2.45, 2.75) is 84.2 Å². The van der Waals surface area contributed by atoms with Crippen molar-refractivity contribution < 1.29 is 4.74 Å². The fourth-order valence-corrected chi connectivity index (χ4v) is 5.33. The van der Waals surface area contributed by atoms with Crippen LogP contribution in [0.15, 0.2) is 0 Å². The lowest BCUT2D eigenvalue weighted by Gasteiger charge is -2.22. The van der Waals surface area contributed by atoms with Gasteiger partial charge >= 0.3 is 0 Å². The molecule has 0 spiro atoms. The number of rotatable bonds is 11. The number of ether oxygens (including phenoxy) is 1. The lowest BCUT2D eigenvalue weighted by molar-refractivity contribution is 0.00985. The van der Waals surface area contributed by atoms with E-state index in [0.29, 0.717) is 6.10 Å². The molecule has 0 amide bonds. The Balaban J connectivity index is 1.97. The van der Waals surface area contributed by atoms with Crippen molar-refractivity contribution in [2.75, 3.05) is 23.9 Å². The SMILES string of the molecule is CCCC[S+](CCC)CCCCCC1CCCCO1. The van der Waals surface area contributed by atoms with Crippen molar-refractivity contribution in [3.05, 3.63) is 0 Å². The maximum Gasteiger partial charge on any atom is 0.108 e. The van der Waals surface area contributed by atoms with Gasteiger partial charge in [-0.2, -0.15) is 0 Å². The first-order valence-corrected chi connectivity index (χ1v) is 10.4. The van der Waals surface area contributed by atoms with Crippen LogP contribution in [0.2, 0.25) is 0 Å². The molecule has 0 aromatic carbocycles. The smallest absolute Gasteiger partial charge is 0.108 e. The van der Waals surface area contributed by atoms with Crippen molar-refractivity contribution in [2.24, 2.45) is 0 Å². The lowest BCUT2D eigenvalue weighted by Crippen LogP contribution is -2.19. The van der Waals surface area contributed by atoms with Crippen molar-refractivity contribution in [3.63, 3.8) is 0 Å². The molecule has 0 aliphatic carbocycles. The van der Waals surface area contributed by atoms with Gasteiger partial charge in [0, 0.05) is 6.61 Å². The van der Waals surface area contributed by atoms with E-state index in [1.54, 1.807) is 0 Å². The van der Waals surface area contributed by atoms with Crippen molar-refractivity contribution in [1.82, 2.24) is 0 Å². The minimum Gasteiger partial charge on any atom is -0.378 e. The summed E-state index contributed by atoms with van der Waals surface area (Å²) in [7, 11) is 0.736. The first-order chi connectivity index (χ1) is 9.36. The number of unbranched alkanes of at least 4 members (excludes halogenated alkanes) is 3. The monoisotopic (exact) mass is 287 g/mol. The maximum absolute atomic E-state index is 5.80. The van der Waals surface area contributed by atoms with Crippen LogP contribution in [-0.4, -0.2) is 30.0 Å². The Hall–Kier alpha value is 0.310. The molecule has 0 aromatic rings. The quantitative estimate of drug-likeness (QED) is 0.386. The standard InChI is InChI=1S/C17H35OS/c1-3-5-15-19(14-4-2)16-10-6-7-11-17-12-8-9-13-18-17/h17H,3-16H2,1-2H3/q+1. The molecule has 0 bridgehead atoms. The summed E-state index contributed by atoms with van der Waals surface area (Å²) in [5.41, 5.74) is 0. The van der Waals surface area contributed by atoms with E-state index in [2.05, 4.69) is 13.8 Å². The van der Waals surface area contributed by atoms with Gasteiger partial charge in [0.2, 0.25) is 0 Å². The summed E-state index contributed by atoms with van der Waals surface area (Å²) < 4.78 is 5.80. The second-order valence-electron chi connectivity index (χ2n) is 5.92. The van der Waals surface area contributed by atoms with Crippen LogP contribution in [-0.2, 0) is 15.6 Å². The molecule has 114 valence electrons. The first kappa shape index (κ1) is 17.4. The number of hydrogen-bond acceptors (Lipinski definition) is 1. The molecule has 1 aliphatic heterocycles. The van der Waals surface area contributed by atoms with Gasteiger partial charge in [0.15, 0.2) is 0 Å². The molecule has 0 aromatic heterocycles. The zero-order valence-electron chi connectivity index (χ0n) is 13.3. The summed E-state index contributed by atoms with van der Waals surface area (Å²) in [5, 5.41) is 0. The van der Waals surface area contributed by atoms with E-state index >= 15 is 0 Å². The van der Waals surface area contributed by atoms with E-state index in [1.165, 1.54) is 81.5 Å². The average molecular weight is 288 g/mol. The van der Waals surface area contributed by atoms with E-state index in [0.717, 1.165) is 17.5 Å². The molecule has 2 atom stereocenters. The van der Waals surface area contributed by atoms with Crippen LogP contribution in [0.25, 0.3) is 0 Å². The van der Waals surface area contributed by atoms with E-state index in [9.17, 15) is 0 Å². The Morgan fingerprint density at radius 2 is 1.74 bits per heavy atom. The molecule has 1 aliphatic rings. The average Bonchev–Trinajstić information content (AvgIpc) is 2.45. The third-order valence-corrected chi connectivity index (χ3v) is 6.73. The van der Waals surface area contributed by atoms with Gasteiger partial charge in [-0.05, 0) is 62.3 Å². The Morgan fingerprint density at radius 3 is 2.42 bits per heavy atom. The summed E-state index contributed by atoms with van der Waals surface area (Å²) in [6.07, 6.45) is 14.4. The second kappa shape index (κ2) is 12.1. The summed E-state index contributed by atoms with van der Waals surface area (Å²) in [6, 6.07) is 0. The predicted octanol–water partition coefficient (Wildman–Crippen LogP) is 4.94. The first-order valence-electron chi connectivity index (χ1n) is 8.62. The van der Waals surface area contributed by atoms with Gasteiger partial charge in [-0.25, -0.2) is 0 Å². The van der Waals surface area contributed by atoms with Crippen LogP contribution < -0.4 is 0 Å². The molecule has 1 nitrogen and oxygen atoms in total. The van der Waals surface area contributed by atoms with Crippen molar-refractivity contribution >= 4 is 10.9 Å². The Kier molecular flexibility index (Phi) is 11.0. The second-order valence-corrected chi connectivity index (χ2v) is 8.37. The molecule has 1 heterocycles. The molecule has 2 heteroatoms. The van der Waals surface area contributed by atoms with E-state index in [4.69, 9.17) is 4.74 Å². The third-order valence-electron chi connectivity index (χ3n) is 4.01. The van der Waals surface area contributed by atoms with E-state index < -0.39 is 0 Å². The third kappa shape index (κ3) is 8.96. The van der Waals surface area contributed by atoms with E-state index in [1.807, 2.05) is 0 Å². The zero-order valence-corrected chi connectivity index (χ0v) is 14.1. The highest BCUT2D eigenvalue weighted by molar-refractivity contribution is 7.96. The highest BCUT2D eigenvalue weighted by Gasteiger charge is 2.16. The molecule has 0 N–H and O–H groups in total. The van der Waals surface area contributed by atoms with Gasteiger partial charge in [-0.1, -0.05) is 26.7 Å². The van der Waals surface area contributed by atoms with Crippen LogP contribution in [0.3, 0.4) is 0 Å². The van der Waals surface area contributed by atoms with Crippen LogP contribution in [0.4, 0.5) is 0 Å². The molecule has 19 heavy (non-hydrogen) atoms. The zero-order chi connectivity index (χ0) is 13.8. The minimum atomic E-state index is 0.600. The fourth-order valence-electron chi connectivity index (χ4n) is 2.83. The van der Waals surface area contributed by atoms with Crippen molar-refractivity contribution in [3.8, 4) is 0 Å². The van der Waals surface area contributed by atoms with Crippen LogP contribution in [0, 0.1) is 0 Å². The lowest BCUT2D eigenvalue weighted by atomic mass is 10.0. The van der Waals surface area contributed by atoms with Crippen LogP contribution >= 0.6 is 0 Å². The summed E-state index contributed by atoms with van der Waals surface area (Å²) in [5.74, 6) is 4.47. The summed E-state index contributed by atoms with van der Waals surface area (Å²) >= 11 is 0. The molecule has 2 unspecified atom stereocenters.